The highest BCUT2D eigenvalue weighted by atomic mass is 127. The van der Waals surface area contributed by atoms with Crippen LogP contribution in [0.4, 0.5) is 0 Å². The first-order chi connectivity index (χ1) is 11.8. The largest absolute Gasteiger partial charge is 0.346 e. The second kappa shape index (κ2) is 7.05. The summed E-state index contributed by atoms with van der Waals surface area (Å²) in [6.45, 7) is 1.35. The maximum Gasteiger partial charge on any atom is 0.184 e. The Morgan fingerprint density at radius 1 is 0.583 bits per heavy atom. The summed E-state index contributed by atoms with van der Waals surface area (Å²) in [4.78, 5) is 0. The van der Waals surface area contributed by atoms with Crippen LogP contribution in [0.5, 0.6) is 0 Å². The van der Waals surface area contributed by atoms with Crippen LogP contribution in [0.15, 0.2) is 72.8 Å². The molecule has 3 aromatic carbocycles. The van der Waals surface area contributed by atoms with Gasteiger partial charge in [0.15, 0.2) is 6.29 Å². The summed E-state index contributed by atoms with van der Waals surface area (Å²) < 4.78 is 12.3. The molecule has 3 aromatic rings. The zero-order chi connectivity index (χ0) is 16.4. The summed E-state index contributed by atoms with van der Waals surface area (Å²) >= 11 is 2.33. The van der Waals surface area contributed by atoms with Crippen LogP contribution < -0.4 is 0 Å². The predicted molar refractivity (Wildman–Crippen MR) is 105 cm³/mol. The molecule has 0 N–H and O–H groups in total. The standard InChI is InChI=1S/C21H17IO2/c22-20-11-9-18(10-12-20)16-3-1-15(2-4-16)17-5-7-19(8-6-17)21-23-13-14-24-21/h1-12,21H,13-14H2. The Labute approximate surface area is 155 Å². The van der Waals surface area contributed by atoms with Crippen molar-refractivity contribution in [3.8, 4) is 22.3 Å². The van der Waals surface area contributed by atoms with E-state index >= 15 is 0 Å². The van der Waals surface area contributed by atoms with E-state index in [1.54, 1.807) is 0 Å². The highest BCUT2D eigenvalue weighted by Gasteiger charge is 2.17. The molecule has 1 aliphatic rings. The van der Waals surface area contributed by atoms with Gasteiger partial charge in [0.2, 0.25) is 0 Å². The number of rotatable bonds is 3. The lowest BCUT2D eigenvalue weighted by molar-refractivity contribution is -0.0441. The van der Waals surface area contributed by atoms with Crippen LogP contribution in [-0.4, -0.2) is 13.2 Å². The third-order valence-electron chi connectivity index (χ3n) is 4.20. The minimum absolute atomic E-state index is 0.206. The van der Waals surface area contributed by atoms with Crippen LogP contribution in [-0.2, 0) is 9.47 Å². The highest BCUT2D eigenvalue weighted by molar-refractivity contribution is 14.1. The Bertz CT molecular complexity index is 802. The number of benzene rings is 3. The molecule has 120 valence electrons. The normalized spacial score (nSPS) is 14.9. The molecule has 0 spiro atoms. The molecular formula is C21H17IO2. The van der Waals surface area contributed by atoms with Crippen molar-refractivity contribution in [1.29, 1.82) is 0 Å². The molecule has 4 rings (SSSR count). The van der Waals surface area contributed by atoms with Gasteiger partial charge in [0.05, 0.1) is 13.2 Å². The van der Waals surface area contributed by atoms with Crippen molar-refractivity contribution in [2.75, 3.05) is 13.2 Å². The molecule has 0 atom stereocenters. The van der Waals surface area contributed by atoms with Gasteiger partial charge in [-0.2, -0.15) is 0 Å². The summed E-state index contributed by atoms with van der Waals surface area (Å²) in [6.07, 6.45) is -0.206. The van der Waals surface area contributed by atoms with Crippen molar-refractivity contribution in [3.63, 3.8) is 0 Å². The van der Waals surface area contributed by atoms with Crippen LogP contribution in [0.3, 0.4) is 0 Å². The average molecular weight is 428 g/mol. The monoisotopic (exact) mass is 428 g/mol. The zero-order valence-corrected chi connectivity index (χ0v) is 15.3. The fourth-order valence-corrected chi connectivity index (χ4v) is 3.24. The number of hydrogen-bond donors (Lipinski definition) is 0. The molecule has 1 aliphatic heterocycles. The first-order valence-electron chi connectivity index (χ1n) is 7.99. The first-order valence-corrected chi connectivity index (χ1v) is 9.07. The van der Waals surface area contributed by atoms with Gasteiger partial charge in [-0.3, -0.25) is 0 Å². The van der Waals surface area contributed by atoms with Crippen molar-refractivity contribution in [1.82, 2.24) is 0 Å². The summed E-state index contributed by atoms with van der Waals surface area (Å²) in [7, 11) is 0. The second-order valence-electron chi connectivity index (χ2n) is 5.78. The van der Waals surface area contributed by atoms with E-state index in [1.165, 1.54) is 25.8 Å². The van der Waals surface area contributed by atoms with Crippen molar-refractivity contribution in [2.24, 2.45) is 0 Å². The van der Waals surface area contributed by atoms with E-state index < -0.39 is 0 Å². The van der Waals surface area contributed by atoms with Gasteiger partial charge in [-0.25, -0.2) is 0 Å². The fourth-order valence-electron chi connectivity index (χ4n) is 2.88. The summed E-state index contributed by atoms with van der Waals surface area (Å²) in [5.41, 5.74) is 5.97. The van der Waals surface area contributed by atoms with E-state index in [2.05, 4.69) is 95.4 Å². The smallest absolute Gasteiger partial charge is 0.184 e. The highest BCUT2D eigenvalue weighted by Crippen LogP contribution is 2.28. The lowest BCUT2D eigenvalue weighted by Crippen LogP contribution is -1.97. The van der Waals surface area contributed by atoms with Gasteiger partial charge in [-0.1, -0.05) is 60.7 Å². The summed E-state index contributed by atoms with van der Waals surface area (Å²) in [5, 5.41) is 0. The van der Waals surface area contributed by atoms with Crippen LogP contribution in [0.2, 0.25) is 0 Å². The number of hydrogen-bond acceptors (Lipinski definition) is 2. The molecule has 1 heterocycles. The maximum absolute atomic E-state index is 5.53. The van der Waals surface area contributed by atoms with Gasteiger partial charge in [-0.05, 0) is 57.0 Å². The van der Waals surface area contributed by atoms with Crippen LogP contribution in [0, 0.1) is 3.57 Å². The minimum Gasteiger partial charge on any atom is -0.346 e. The maximum atomic E-state index is 5.53. The summed E-state index contributed by atoms with van der Waals surface area (Å²) in [6, 6.07) is 25.7. The Kier molecular flexibility index (Phi) is 4.65. The molecule has 0 bridgehead atoms. The van der Waals surface area contributed by atoms with Gasteiger partial charge < -0.3 is 9.47 Å². The van der Waals surface area contributed by atoms with Crippen molar-refractivity contribution < 1.29 is 9.47 Å². The summed E-state index contributed by atoms with van der Waals surface area (Å²) in [5.74, 6) is 0. The lowest BCUT2D eigenvalue weighted by Gasteiger charge is -2.10. The van der Waals surface area contributed by atoms with Crippen LogP contribution in [0.1, 0.15) is 11.9 Å². The van der Waals surface area contributed by atoms with Crippen LogP contribution >= 0.6 is 22.6 Å². The average Bonchev–Trinajstić information content (AvgIpc) is 3.17. The molecule has 2 nitrogen and oxygen atoms in total. The molecule has 1 fully saturated rings. The Hall–Kier alpha value is -1.69. The first kappa shape index (κ1) is 15.8. The third-order valence-corrected chi connectivity index (χ3v) is 4.92. The van der Waals surface area contributed by atoms with E-state index in [-0.39, 0.29) is 6.29 Å². The molecule has 0 unspecified atom stereocenters. The molecule has 24 heavy (non-hydrogen) atoms. The molecule has 0 saturated carbocycles. The quantitative estimate of drug-likeness (QED) is 0.501. The molecule has 0 radical (unpaired) electrons. The minimum atomic E-state index is -0.206. The van der Waals surface area contributed by atoms with Crippen molar-refractivity contribution >= 4 is 22.6 Å². The zero-order valence-electron chi connectivity index (χ0n) is 13.1. The molecule has 0 aliphatic carbocycles. The fraction of sp³-hybridized carbons (Fsp3) is 0.143. The molecule has 0 aromatic heterocycles. The van der Waals surface area contributed by atoms with Gasteiger partial charge in [0, 0.05) is 9.13 Å². The van der Waals surface area contributed by atoms with Crippen LogP contribution in [0.25, 0.3) is 22.3 Å². The third kappa shape index (κ3) is 3.38. The topological polar surface area (TPSA) is 18.5 Å². The number of ether oxygens (including phenoxy) is 2. The van der Waals surface area contributed by atoms with Gasteiger partial charge in [0.25, 0.3) is 0 Å². The van der Waals surface area contributed by atoms with Gasteiger partial charge in [0.1, 0.15) is 0 Å². The van der Waals surface area contributed by atoms with Crippen molar-refractivity contribution in [2.45, 2.75) is 6.29 Å². The van der Waals surface area contributed by atoms with E-state index in [4.69, 9.17) is 9.47 Å². The van der Waals surface area contributed by atoms with E-state index in [0.29, 0.717) is 13.2 Å². The van der Waals surface area contributed by atoms with E-state index in [0.717, 1.165) is 5.56 Å². The second-order valence-corrected chi connectivity index (χ2v) is 7.03. The Morgan fingerprint density at radius 3 is 1.42 bits per heavy atom. The SMILES string of the molecule is Ic1ccc(-c2ccc(-c3ccc(C4OCCO4)cc3)cc2)cc1. The molecule has 0 amide bonds. The van der Waals surface area contributed by atoms with Gasteiger partial charge >= 0.3 is 0 Å². The molecule has 3 heteroatoms. The van der Waals surface area contributed by atoms with Gasteiger partial charge in [-0.15, -0.1) is 0 Å². The van der Waals surface area contributed by atoms with E-state index in [9.17, 15) is 0 Å². The molecule has 1 saturated heterocycles. The van der Waals surface area contributed by atoms with Crippen molar-refractivity contribution in [3.05, 3.63) is 81.9 Å². The Balaban J connectivity index is 1.55. The predicted octanol–water partition coefficient (Wildman–Crippen LogP) is 5.67. The number of halogens is 1. The Morgan fingerprint density at radius 2 is 0.958 bits per heavy atom. The van der Waals surface area contributed by atoms with E-state index in [1.807, 2.05) is 0 Å². The lowest BCUT2D eigenvalue weighted by atomic mass is 9.99. The molecular weight excluding hydrogens is 411 g/mol.